The highest BCUT2D eigenvalue weighted by atomic mass is 19.3. The van der Waals surface area contributed by atoms with Crippen molar-refractivity contribution >= 4 is 11.6 Å². The number of carbonyl (C=O) groups excluding carboxylic acids is 1. The summed E-state index contributed by atoms with van der Waals surface area (Å²) in [7, 11) is 0. The second-order valence-electron chi connectivity index (χ2n) is 8.23. The fourth-order valence-electron chi connectivity index (χ4n) is 5.07. The molecule has 3 aromatic rings. The summed E-state index contributed by atoms with van der Waals surface area (Å²) in [5, 5.41) is 4.03. The first-order chi connectivity index (χ1) is 14.4. The second-order valence-corrected chi connectivity index (χ2v) is 8.23. The minimum atomic E-state index is -2.71. The summed E-state index contributed by atoms with van der Waals surface area (Å²) in [6, 6.07) is 8.02. The molecule has 2 saturated heterocycles. The van der Waals surface area contributed by atoms with Crippen molar-refractivity contribution in [1.82, 2.24) is 19.5 Å². The highest BCUT2D eigenvalue weighted by molar-refractivity contribution is 6.00. The molecule has 0 unspecified atom stereocenters. The molecule has 3 atom stereocenters. The van der Waals surface area contributed by atoms with Crippen LogP contribution in [-0.4, -0.2) is 37.5 Å². The predicted octanol–water partition coefficient (Wildman–Crippen LogP) is 4.67. The first-order valence-corrected chi connectivity index (χ1v) is 10.1. The Labute approximate surface area is 171 Å². The number of aryl methyl sites for hydroxylation is 1. The topological polar surface area (TPSA) is 50.5 Å². The summed E-state index contributed by atoms with van der Waals surface area (Å²) < 4.78 is 41.1. The van der Waals surface area contributed by atoms with Crippen molar-refractivity contribution in [3.05, 3.63) is 64.9 Å². The summed E-state index contributed by atoms with van der Waals surface area (Å²) in [6.07, 6.45) is 2.06. The van der Waals surface area contributed by atoms with Crippen LogP contribution in [0.3, 0.4) is 0 Å². The number of rotatable bonds is 3. The Balaban J connectivity index is 1.45. The number of alkyl halides is 2. The molecule has 0 radical (unpaired) electrons. The molecule has 2 aliphatic rings. The van der Waals surface area contributed by atoms with E-state index < -0.39 is 6.43 Å². The zero-order chi connectivity index (χ0) is 21.0. The summed E-state index contributed by atoms with van der Waals surface area (Å²) in [6.45, 7) is 1.63. The van der Waals surface area contributed by atoms with Gasteiger partial charge in [-0.15, -0.1) is 0 Å². The minimum Gasteiger partial charge on any atom is -0.332 e. The third-order valence-electron chi connectivity index (χ3n) is 6.39. The molecule has 5 rings (SSSR count). The van der Waals surface area contributed by atoms with Crippen LogP contribution in [0.25, 0.3) is 5.65 Å². The van der Waals surface area contributed by atoms with Crippen LogP contribution in [0.4, 0.5) is 13.2 Å². The van der Waals surface area contributed by atoms with E-state index in [1.54, 1.807) is 6.92 Å². The zero-order valence-electron chi connectivity index (χ0n) is 16.4. The average Bonchev–Trinajstić information content (AvgIpc) is 3.25. The molecule has 0 aliphatic carbocycles. The number of aromatic nitrogens is 3. The van der Waals surface area contributed by atoms with E-state index in [-0.39, 0.29) is 46.6 Å². The Morgan fingerprint density at radius 1 is 1.13 bits per heavy atom. The number of nitrogens with zero attached hydrogens (tertiary/aromatic N) is 4. The van der Waals surface area contributed by atoms with Gasteiger partial charge in [0.15, 0.2) is 5.65 Å². The van der Waals surface area contributed by atoms with Gasteiger partial charge in [0, 0.05) is 17.8 Å². The number of hydrogen-bond donors (Lipinski definition) is 0. The molecule has 1 amide bonds. The number of fused-ring (bicyclic) bond motifs is 3. The lowest BCUT2D eigenvalue weighted by Gasteiger charge is -2.39. The molecule has 2 aliphatic heterocycles. The van der Waals surface area contributed by atoms with Gasteiger partial charge in [0.05, 0.1) is 6.20 Å². The van der Waals surface area contributed by atoms with E-state index in [4.69, 9.17) is 0 Å². The normalized spacial score (nSPS) is 23.5. The maximum atomic E-state index is 13.4. The smallest absolute Gasteiger partial charge is 0.280 e. The van der Waals surface area contributed by atoms with Crippen LogP contribution in [0.5, 0.6) is 0 Å². The molecule has 5 nitrogen and oxygen atoms in total. The van der Waals surface area contributed by atoms with Crippen LogP contribution in [-0.2, 0) is 0 Å². The Morgan fingerprint density at radius 3 is 2.43 bits per heavy atom. The van der Waals surface area contributed by atoms with Crippen molar-refractivity contribution in [2.45, 2.75) is 57.0 Å². The van der Waals surface area contributed by atoms with Crippen LogP contribution in [0.2, 0.25) is 0 Å². The lowest BCUT2D eigenvalue weighted by atomic mass is 9.85. The van der Waals surface area contributed by atoms with Crippen molar-refractivity contribution in [3.63, 3.8) is 0 Å². The van der Waals surface area contributed by atoms with Crippen molar-refractivity contribution in [3.8, 4) is 0 Å². The quantitative estimate of drug-likeness (QED) is 0.626. The van der Waals surface area contributed by atoms with Gasteiger partial charge in [-0.1, -0.05) is 12.1 Å². The first kappa shape index (κ1) is 19.1. The molecule has 8 heteroatoms. The maximum absolute atomic E-state index is 13.4. The zero-order valence-corrected chi connectivity index (χ0v) is 16.4. The molecule has 156 valence electrons. The van der Waals surface area contributed by atoms with Crippen molar-refractivity contribution < 1.29 is 18.0 Å². The van der Waals surface area contributed by atoms with Crippen LogP contribution in [0.1, 0.15) is 65.3 Å². The van der Waals surface area contributed by atoms with Gasteiger partial charge in [-0.25, -0.2) is 22.7 Å². The fraction of sp³-hybridized carbons (Fsp3) is 0.409. The highest BCUT2D eigenvalue weighted by Crippen LogP contribution is 2.44. The number of hydrogen-bond acceptors (Lipinski definition) is 3. The van der Waals surface area contributed by atoms with E-state index in [9.17, 15) is 18.0 Å². The summed E-state index contributed by atoms with van der Waals surface area (Å²) in [5.74, 6) is -0.177. The maximum Gasteiger partial charge on any atom is 0.280 e. The molecule has 2 bridgehead atoms. The SMILES string of the molecule is Cc1cc(C(F)F)n2ncc(C(=O)N3[C@@H]4CC[C@H]3C[C@@H](c3ccc(F)cc3)C4)c2n1. The number of piperidine rings is 1. The minimum absolute atomic E-state index is 0.0700. The lowest BCUT2D eigenvalue weighted by molar-refractivity contribution is 0.0573. The van der Waals surface area contributed by atoms with Gasteiger partial charge in [-0.2, -0.15) is 5.10 Å². The molecular formula is C22H21F3N4O. The molecule has 1 aromatic carbocycles. The van der Waals surface area contributed by atoms with Crippen molar-refractivity contribution in [2.75, 3.05) is 0 Å². The molecule has 2 aromatic heterocycles. The summed E-state index contributed by atoms with van der Waals surface area (Å²) in [4.78, 5) is 19.6. The summed E-state index contributed by atoms with van der Waals surface area (Å²) >= 11 is 0. The van der Waals surface area contributed by atoms with Gasteiger partial charge in [0.2, 0.25) is 0 Å². The number of benzene rings is 1. The highest BCUT2D eigenvalue weighted by Gasteiger charge is 2.44. The van der Waals surface area contributed by atoms with Gasteiger partial charge >= 0.3 is 0 Å². The van der Waals surface area contributed by atoms with E-state index in [1.807, 2.05) is 17.0 Å². The number of carbonyl (C=O) groups is 1. The number of halogens is 3. The third-order valence-corrected chi connectivity index (χ3v) is 6.39. The molecule has 2 fully saturated rings. The molecular weight excluding hydrogens is 393 g/mol. The average molecular weight is 414 g/mol. The first-order valence-electron chi connectivity index (χ1n) is 10.1. The number of amides is 1. The van der Waals surface area contributed by atoms with Gasteiger partial charge in [0.1, 0.15) is 17.1 Å². The van der Waals surface area contributed by atoms with Gasteiger partial charge in [0.25, 0.3) is 12.3 Å². The third kappa shape index (κ3) is 3.05. The lowest BCUT2D eigenvalue weighted by Crippen LogP contribution is -2.46. The molecule has 0 N–H and O–H groups in total. The van der Waals surface area contributed by atoms with E-state index >= 15 is 0 Å². The second kappa shape index (κ2) is 7.11. The Hall–Kier alpha value is -2.90. The van der Waals surface area contributed by atoms with Crippen LogP contribution in [0, 0.1) is 12.7 Å². The van der Waals surface area contributed by atoms with Crippen LogP contribution in [0.15, 0.2) is 36.5 Å². The Kier molecular flexibility index (Phi) is 4.52. The van der Waals surface area contributed by atoms with Crippen molar-refractivity contribution in [1.29, 1.82) is 0 Å². The Bertz CT molecular complexity index is 1100. The molecule has 0 spiro atoms. The van der Waals surface area contributed by atoms with Crippen LogP contribution >= 0.6 is 0 Å². The fourth-order valence-corrected chi connectivity index (χ4v) is 5.07. The van der Waals surface area contributed by atoms with Gasteiger partial charge in [-0.3, -0.25) is 4.79 Å². The monoisotopic (exact) mass is 414 g/mol. The molecule has 0 saturated carbocycles. The van der Waals surface area contributed by atoms with E-state index in [1.165, 1.54) is 24.4 Å². The predicted molar refractivity (Wildman–Crippen MR) is 104 cm³/mol. The van der Waals surface area contributed by atoms with Crippen LogP contribution < -0.4 is 0 Å². The van der Waals surface area contributed by atoms with E-state index in [0.717, 1.165) is 35.8 Å². The molecule has 30 heavy (non-hydrogen) atoms. The summed E-state index contributed by atoms with van der Waals surface area (Å²) in [5.41, 5.74) is 1.68. The van der Waals surface area contributed by atoms with E-state index in [0.29, 0.717) is 5.69 Å². The largest absolute Gasteiger partial charge is 0.332 e. The molecule has 4 heterocycles. The van der Waals surface area contributed by atoms with Gasteiger partial charge < -0.3 is 4.90 Å². The Morgan fingerprint density at radius 2 is 1.80 bits per heavy atom. The standard InChI is InChI=1S/C22H21F3N4O/c1-12-8-19(20(24)25)29-21(27-12)18(11-26-29)22(30)28-16-6-7-17(28)10-14(9-16)13-2-4-15(23)5-3-13/h2-5,8,11,14,16-17,20H,6-7,9-10H2,1H3/t14-,16+,17-. The van der Waals surface area contributed by atoms with Crippen molar-refractivity contribution in [2.24, 2.45) is 0 Å². The van der Waals surface area contributed by atoms with Gasteiger partial charge in [-0.05, 0) is 62.3 Å². The van der Waals surface area contributed by atoms with E-state index in [2.05, 4.69) is 10.1 Å².